The Morgan fingerprint density at radius 1 is 1.04 bits per heavy atom. The molecule has 0 saturated heterocycles. The van der Waals surface area contributed by atoms with Crippen molar-refractivity contribution in [1.82, 2.24) is 4.98 Å². The average molecular weight is 386 g/mol. The van der Waals surface area contributed by atoms with Crippen LogP contribution in [0, 0.1) is 10.1 Å². The number of hydrogen-bond donors (Lipinski definition) is 1. The van der Waals surface area contributed by atoms with E-state index in [9.17, 15) is 15.2 Å². The van der Waals surface area contributed by atoms with Gasteiger partial charge in [0.05, 0.1) is 49.3 Å². The smallest absolute Gasteiger partial charge is 0.284 e. The van der Waals surface area contributed by atoms with Gasteiger partial charge in [-0.05, 0) is 18.2 Å². The summed E-state index contributed by atoms with van der Waals surface area (Å²) in [5, 5.41) is 21.0. The van der Waals surface area contributed by atoms with Gasteiger partial charge in [0.25, 0.3) is 5.69 Å². The normalized spacial score (nSPS) is 10.6. The zero-order valence-electron chi connectivity index (χ0n) is 15.5. The number of nitrogens with zero attached hydrogens (tertiary/aromatic N) is 2. The van der Waals surface area contributed by atoms with Crippen LogP contribution in [0.15, 0.2) is 36.4 Å². The minimum absolute atomic E-state index is 0.174. The fourth-order valence-electron chi connectivity index (χ4n) is 2.85. The predicted octanol–water partition coefficient (Wildman–Crippen LogP) is 3.45. The van der Waals surface area contributed by atoms with E-state index in [1.807, 2.05) is 0 Å². The Balaban J connectivity index is 2.03. The number of ether oxygens (including phenoxy) is 4. The van der Waals surface area contributed by atoms with Crippen LogP contribution in [0.1, 0.15) is 5.56 Å². The molecule has 9 heteroatoms. The van der Waals surface area contributed by atoms with Crippen molar-refractivity contribution in [3.8, 4) is 28.9 Å². The molecule has 0 radical (unpaired) electrons. The Hall–Kier alpha value is -3.59. The highest BCUT2D eigenvalue weighted by molar-refractivity contribution is 5.89. The SMILES string of the molecule is COc1cc(Oc2ccc3c([N+](=O)[O-])c(CO)ccc3n2)cc(OC)c1OC. The third-order valence-corrected chi connectivity index (χ3v) is 4.11. The van der Waals surface area contributed by atoms with E-state index in [0.29, 0.717) is 33.9 Å². The molecule has 0 aliphatic rings. The lowest BCUT2D eigenvalue weighted by Crippen LogP contribution is -1.99. The molecule has 0 atom stereocenters. The monoisotopic (exact) mass is 386 g/mol. The van der Waals surface area contributed by atoms with Crippen LogP contribution in [0.25, 0.3) is 10.9 Å². The second-order valence-corrected chi connectivity index (χ2v) is 5.67. The summed E-state index contributed by atoms with van der Waals surface area (Å²) >= 11 is 0. The molecule has 3 aromatic rings. The minimum Gasteiger partial charge on any atom is -0.493 e. The van der Waals surface area contributed by atoms with Crippen molar-refractivity contribution in [1.29, 1.82) is 0 Å². The quantitative estimate of drug-likeness (QED) is 0.485. The maximum Gasteiger partial charge on any atom is 0.284 e. The van der Waals surface area contributed by atoms with E-state index in [-0.39, 0.29) is 17.1 Å². The standard InChI is InChI=1S/C19H18N2O7/c1-25-15-8-12(9-16(26-2)19(15)27-3)28-17-7-5-13-14(20-17)6-4-11(10-22)18(13)21(23)24/h4-9,22H,10H2,1-3H3. The highest BCUT2D eigenvalue weighted by Crippen LogP contribution is 2.42. The Labute approximate surface area is 160 Å². The highest BCUT2D eigenvalue weighted by atomic mass is 16.6. The molecule has 1 N–H and O–H groups in total. The van der Waals surface area contributed by atoms with Gasteiger partial charge in [-0.15, -0.1) is 0 Å². The van der Waals surface area contributed by atoms with Crippen LogP contribution in [-0.2, 0) is 6.61 Å². The van der Waals surface area contributed by atoms with Crippen molar-refractivity contribution in [2.75, 3.05) is 21.3 Å². The van der Waals surface area contributed by atoms with Crippen molar-refractivity contribution < 1.29 is 29.0 Å². The molecule has 3 rings (SSSR count). The molecular formula is C19H18N2O7. The van der Waals surface area contributed by atoms with Gasteiger partial charge >= 0.3 is 0 Å². The molecule has 0 spiro atoms. The van der Waals surface area contributed by atoms with Gasteiger partial charge in [-0.2, -0.15) is 0 Å². The molecule has 28 heavy (non-hydrogen) atoms. The lowest BCUT2D eigenvalue weighted by atomic mass is 10.1. The second-order valence-electron chi connectivity index (χ2n) is 5.67. The lowest BCUT2D eigenvalue weighted by molar-refractivity contribution is -0.384. The van der Waals surface area contributed by atoms with E-state index in [1.165, 1.54) is 39.5 Å². The van der Waals surface area contributed by atoms with Gasteiger partial charge in [0, 0.05) is 18.2 Å². The zero-order valence-corrected chi connectivity index (χ0v) is 15.5. The number of benzene rings is 2. The molecule has 0 amide bonds. The van der Waals surface area contributed by atoms with Crippen LogP contribution in [0.4, 0.5) is 5.69 Å². The number of nitro benzene ring substituents is 1. The first kappa shape index (κ1) is 19.2. The van der Waals surface area contributed by atoms with E-state index in [0.717, 1.165) is 0 Å². The van der Waals surface area contributed by atoms with E-state index in [4.69, 9.17) is 18.9 Å². The summed E-state index contributed by atoms with van der Waals surface area (Å²) in [6, 6.07) is 9.34. The molecule has 0 aliphatic heterocycles. The number of aromatic nitrogens is 1. The van der Waals surface area contributed by atoms with Gasteiger partial charge in [-0.1, -0.05) is 0 Å². The molecule has 0 unspecified atom stereocenters. The Bertz CT molecular complexity index is 1010. The highest BCUT2D eigenvalue weighted by Gasteiger charge is 2.19. The van der Waals surface area contributed by atoms with Crippen LogP contribution in [0.5, 0.6) is 28.9 Å². The minimum atomic E-state index is -0.532. The number of aliphatic hydroxyl groups is 1. The molecule has 0 aliphatic carbocycles. The number of hydrogen-bond acceptors (Lipinski definition) is 8. The summed E-state index contributed by atoms with van der Waals surface area (Å²) in [5.74, 6) is 1.88. The summed E-state index contributed by atoms with van der Waals surface area (Å²) in [7, 11) is 4.49. The molecule has 146 valence electrons. The summed E-state index contributed by atoms with van der Waals surface area (Å²) in [5.41, 5.74) is 0.415. The van der Waals surface area contributed by atoms with Crippen LogP contribution in [0.3, 0.4) is 0 Å². The largest absolute Gasteiger partial charge is 0.493 e. The second kappa shape index (κ2) is 7.97. The Kier molecular flexibility index (Phi) is 5.46. The van der Waals surface area contributed by atoms with Crippen molar-refractivity contribution >= 4 is 16.6 Å². The summed E-state index contributed by atoms with van der Waals surface area (Å²) in [6.45, 7) is -0.435. The molecule has 0 fully saturated rings. The number of pyridine rings is 1. The molecule has 2 aromatic carbocycles. The van der Waals surface area contributed by atoms with E-state index >= 15 is 0 Å². The molecule has 9 nitrogen and oxygen atoms in total. The van der Waals surface area contributed by atoms with E-state index < -0.39 is 11.5 Å². The summed E-state index contributed by atoms with van der Waals surface area (Å²) < 4.78 is 21.6. The van der Waals surface area contributed by atoms with Gasteiger partial charge in [-0.3, -0.25) is 10.1 Å². The number of aliphatic hydroxyl groups excluding tert-OH is 1. The first-order chi connectivity index (χ1) is 13.5. The molecule has 0 saturated carbocycles. The molecular weight excluding hydrogens is 368 g/mol. The summed E-state index contributed by atoms with van der Waals surface area (Å²) in [6.07, 6.45) is 0. The third kappa shape index (κ3) is 3.47. The number of fused-ring (bicyclic) bond motifs is 1. The number of methoxy groups -OCH3 is 3. The molecule has 1 aromatic heterocycles. The van der Waals surface area contributed by atoms with Crippen molar-refractivity contribution in [2.45, 2.75) is 6.61 Å². The number of rotatable bonds is 7. The summed E-state index contributed by atoms with van der Waals surface area (Å²) in [4.78, 5) is 15.2. The topological polar surface area (TPSA) is 113 Å². The first-order valence-corrected chi connectivity index (χ1v) is 8.18. The Morgan fingerprint density at radius 3 is 2.25 bits per heavy atom. The maximum atomic E-state index is 11.4. The van der Waals surface area contributed by atoms with Gasteiger partial charge in [0.1, 0.15) is 5.75 Å². The average Bonchev–Trinajstić information content (AvgIpc) is 2.71. The van der Waals surface area contributed by atoms with Gasteiger partial charge in [0.2, 0.25) is 11.6 Å². The van der Waals surface area contributed by atoms with Crippen molar-refractivity contribution in [3.63, 3.8) is 0 Å². The number of nitro groups is 1. The van der Waals surface area contributed by atoms with Crippen LogP contribution in [0.2, 0.25) is 0 Å². The molecule has 0 bridgehead atoms. The van der Waals surface area contributed by atoms with E-state index in [1.54, 1.807) is 18.2 Å². The van der Waals surface area contributed by atoms with Crippen molar-refractivity contribution in [2.24, 2.45) is 0 Å². The van der Waals surface area contributed by atoms with Gasteiger partial charge in [-0.25, -0.2) is 4.98 Å². The fraction of sp³-hybridized carbons (Fsp3) is 0.211. The zero-order chi connectivity index (χ0) is 20.3. The van der Waals surface area contributed by atoms with Crippen LogP contribution >= 0.6 is 0 Å². The lowest BCUT2D eigenvalue weighted by Gasteiger charge is -2.14. The fourth-order valence-corrected chi connectivity index (χ4v) is 2.85. The first-order valence-electron chi connectivity index (χ1n) is 8.18. The van der Waals surface area contributed by atoms with E-state index in [2.05, 4.69) is 4.98 Å². The predicted molar refractivity (Wildman–Crippen MR) is 100 cm³/mol. The van der Waals surface area contributed by atoms with Crippen LogP contribution in [-0.4, -0.2) is 36.3 Å². The van der Waals surface area contributed by atoms with Gasteiger partial charge in [0.15, 0.2) is 11.5 Å². The van der Waals surface area contributed by atoms with Crippen LogP contribution < -0.4 is 18.9 Å². The van der Waals surface area contributed by atoms with Gasteiger partial charge < -0.3 is 24.1 Å². The Morgan fingerprint density at radius 2 is 1.71 bits per heavy atom. The molecule has 1 heterocycles. The van der Waals surface area contributed by atoms with Crippen molar-refractivity contribution in [3.05, 3.63) is 52.1 Å². The maximum absolute atomic E-state index is 11.4. The third-order valence-electron chi connectivity index (χ3n) is 4.11.